The maximum atomic E-state index is 13.9. The average Bonchev–Trinajstić information content (AvgIpc) is 3.21. The van der Waals surface area contributed by atoms with Crippen LogP contribution in [0.15, 0.2) is 35.3 Å². The molecule has 15 N–H and O–H groups in total. The molecule has 2 heterocycles. The summed E-state index contributed by atoms with van der Waals surface area (Å²) in [6.07, 6.45) is -11.1. The third kappa shape index (κ3) is 16.2. The van der Waals surface area contributed by atoms with E-state index in [0.29, 0.717) is 5.56 Å². The molecule has 23 nitrogen and oxygen atoms in total. The van der Waals surface area contributed by atoms with Gasteiger partial charge in [0.25, 0.3) is 11.8 Å². The van der Waals surface area contributed by atoms with E-state index in [1.54, 1.807) is 30.3 Å². The molecule has 3 rings (SSSR count). The molecule has 338 valence electrons. The number of ether oxygens (including phenoxy) is 1. The second kappa shape index (κ2) is 24.3. The molecule has 2 aliphatic rings. The number of amides is 7. The van der Waals surface area contributed by atoms with Gasteiger partial charge in [0, 0.05) is 26.1 Å². The van der Waals surface area contributed by atoms with E-state index in [1.807, 2.05) is 0 Å². The van der Waals surface area contributed by atoms with Crippen molar-refractivity contribution < 1.29 is 67.9 Å². The summed E-state index contributed by atoms with van der Waals surface area (Å²) in [6.45, 7) is -0.239. The third-order valence-electron chi connectivity index (χ3n) is 9.61. The number of carboxylic acids is 1. The Morgan fingerprint density at radius 1 is 0.820 bits per heavy atom. The number of benzene rings is 1. The second-order valence-electron chi connectivity index (χ2n) is 14.5. The van der Waals surface area contributed by atoms with Crippen LogP contribution in [0.2, 0.25) is 0 Å². The van der Waals surface area contributed by atoms with Crippen molar-refractivity contribution in [1.82, 2.24) is 37.2 Å². The topological polar surface area (TPSA) is 375 Å². The lowest BCUT2D eigenvalue weighted by atomic mass is 9.94. The molecule has 0 radical (unpaired) electrons. The van der Waals surface area contributed by atoms with Crippen molar-refractivity contribution in [3.63, 3.8) is 0 Å². The zero-order chi connectivity index (χ0) is 45.2. The van der Waals surface area contributed by atoms with Crippen LogP contribution in [-0.4, -0.2) is 161 Å². The number of aliphatic hydroxyl groups excluding tert-OH is 3. The summed E-state index contributed by atoms with van der Waals surface area (Å²) in [5.74, 6) is -8.09. The third-order valence-corrected chi connectivity index (χ3v) is 9.61. The van der Waals surface area contributed by atoms with Gasteiger partial charge in [-0.3, -0.25) is 43.3 Å². The maximum Gasteiger partial charge on any atom is 0.305 e. The molecule has 0 spiro atoms. The molecule has 24 heteroatoms. The van der Waals surface area contributed by atoms with Crippen LogP contribution in [0.5, 0.6) is 0 Å². The number of nitrogens with zero attached hydrogens (tertiary/aromatic N) is 1. The quantitative estimate of drug-likeness (QED) is 0.0395. The first-order valence-corrected chi connectivity index (χ1v) is 19.6. The van der Waals surface area contributed by atoms with Crippen LogP contribution >= 0.6 is 0 Å². The first-order chi connectivity index (χ1) is 28.9. The largest absolute Gasteiger partial charge is 0.481 e. The standard InChI is InChI=1S/C37H55FN10O13/c1-18(38)31(55)43-16-24-27(52)28(53)29(54)30(61-24)36(60)41-12-6-5-10-21-33(57)46-20(11-7-13-42-37(39)40)32(56)44-17-25(49)45-23(15-26(50)51)35(59)48-22(34(58)47-21)14-19-8-3-2-4-9-19/h2-4,8-9,18,20-24,27-30,52-54H,5-7,10-17H2,1H3,(H,41,60)(H,43,55)(H,44,56)(H,45,49)(H,46,57)(H,47,58)(H,48,59)(H,50,51)(H4,39,40,42)/t18?,20-,21-,22?,23-,24+,27-,28?,29-,30?/m0/s1/i38-1. The van der Waals surface area contributed by atoms with Crippen LogP contribution in [0.1, 0.15) is 51.0 Å². The fourth-order valence-electron chi connectivity index (χ4n) is 6.30. The van der Waals surface area contributed by atoms with E-state index in [1.165, 1.54) is 0 Å². The van der Waals surface area contributed by atoms with Gasteiger partial charge in [-0.25, -0.2) is 4.39 Å². The number of hydrogen-bond donors (Lipinski definition) is 13. The van der Waals surface area contributed by atoms with E-state index in [2.05, 4.69) is 42.2 Å². The van der Waals surface area contributed by atoms with Crippen molar-refractivity contribution in [1.29, 1.82) is 0 Å². The van der Waals surface area contributed by atoms with Gasteiger partial charge >= 0.3 is 5.97 Å². The smallest absolute Gasteiger partial charge is 0.305 e. The van der Waals surface area contributed by atoms with Crippen molar-refractivity contribution in [3.8, 4) is 0 Å². The lowest BCUT2D eigenvalue weighted by Gasteiger charge is -2.40. The SMILES string of the molecule is CC([18F])C(=O)NC[C@H]1OC(C(=O)NCCCC[C@@H]2NC(=O)C(Cc3ccccc3)NC(=O)[C@H](CC(=O)O)NC(=O)CNC(=O)[C@H](CCCN=C(N)N)NC2=O)[C@@H](O)C(O)[C@H]1O. The predicted octanol–water partition coefficient (Wildman–Crippen LogP) is -5.56. The van der Waals surface area contributed by atoms with Crippen LogP contribution in [0.3, 0.4) is 0 Å². The Labute approximate surface area is 349 Å². The number of carboxylic acid groups (broad SMARTS) is 1. The van der Waals surface area contributed by atoms with Gasteiger partial charge in [0.2, 0.25) is 29.5 Å². The number of aliphatic hydroxyl groups is 3. The summed E-state index contributed by atoms with van der Waals surface area (Å²) >= 11 is 0. The Bertz CT molecular complexity index is 1740. The molecular formula is C37H55FN10O13. The first kappa shape index (κ1) is 49.4. The van der Waals surface area contributed by atoms with Gasteiger partial charge in [-0.15, -0.1) is 0 Å². The van der Waals surface area contributed by atoms with Crippen LogP contribution in [-0.2, 0) is 49.5 Å². The normalized spacial score (nSPS) is 27.0. The van der Waals surface area contributed by atoms with Gasteiger partial charge < -0.3 is 73.8 Å². The predicted molar refractivity (Wildman–Crippen MR) is 210 cm³/mol. The van der Waals surface area contributed by atoms with E-state index in [0.717, 1.165) is 6.92 Å². The van der Waals surface area contributed by atoms with Crippen LogP contribution in [0.4, 0.5) is 4.39 Å². The highest BCUT2D eigenvalue weighted by atomic mass is 18.2. The number of nitrogens with two attached hydrogens (primary N) is 2. The molecule has 0 aliphatic carbocycles. The number of nitrogens with one attached hydrogen (secondary N) is 7. The van der Waals surface area contributed by atoms with E-state index >= 15 is 0 Å². The molecule has 7 amide bonds. The molecule has 10 atom stereocenters. The molecular weight excluding hydrogens is 810 g/mol. The molecule has 1 aromatic carbocycles. The van der Waals surface area contributed by atoms with Crippen LogP contribution in [0.25, 0.3) is 0 Å². The summed E-state index contributed by atoms with van der Waals surface area (Å²) in [4.78, 5) is 108. The molecule has 0 aromatic heterocycles. The highest BCUT2D eigenvalue weighted by molar-refractivity contribution is 5.98. The summed E-state index contributed by atoms with van der Waals surface area (Å²) in [5.41, 5.74) is 11.4. The second-order valence-corrected chi connectivity index (χ2v) is 14.5. The van der Waals surface area contributed by atoms with Crippen molar-refractivity contribution in [2.45, 2.75) is 113 Å². The summed E-state index contributed by atoms with van der Waals surface area (Å²) in [6, 6.07) is 2.70. The Morgan fingerprint density at radius 2 is 1.43 bits per heavy atom. The summed E-state index contributed by atoms with van der Waals surface area (Å²) < 4.78 is 18.8. The van der Waals surface area contributed by atoms with Crippen molar-refractivity contribution in [2.24, 2.45) is 16.5 Å². The maximum absolute atomic E-state index is 13.9. The van der Waals surface area contributed by atoms with Gasteiger partial charge in [0.15, 0.2) is 18.2 Å². The van der Waals surface area contributed by atoms with Crippen molar-refractivity contribution >= 4 is 53.3 Å². The van der Waals surface area contributed by atoms with Crippen LogP contribution in [0, 0.1) is 0 Å². The fourth-order valence-corrected chi connectivity index (χ4v) is 6.30. The summed E-state index contributed by atoms with van der Waals surface area (Å²) in [7, 11) is 0. The number of alkyl halides is 1. The lowest BCUT2D eigenvalue weighted by molar-refractivity contribution is -0.219. The van der Waals surface area contributed by atoms with Crippen LogP contribution < -0.4 is 48.7 Å². The summed E-state index contributed by atoms with van der Waals surface area (Å²) in [5, 5.41) is 57.5. The van der Waals surface area contributed by atoms with E-state index < -0.39 is 128 Å². The number of carbonyl (C=O) groups excluding carboxylic acids is 7. The van der Waals surface area contributed by atoms with Crippen molar-refractivity contribution in [3.05, 3.63) is 35.9 Å². The number of hydrogen-bond acceptors (Lipinski definition) is 13. The molecule has 61 heavy (non-hydrogen) atoms. The Hall–Kier alpha value is -5.98. The molecule has 4 unspecified atom stereocenters. The van der Waals surface area contributed by atoms with E-state index in [-0.39, 0.29) is 57.6 Å². The lowest BCUT2D eigenvalue weighted by Crippen LogP contribution is -2.63. The van der Waals surface area contributed by atoms with Gasteiger partial charge in [-0.1, -0.05) is 30.3 Å². The molecule has 2 aliphatic heterocycles. The number of guanidine groups is 1. The number of carbonyl (C=O) groups is 8. The van der Waals surface area contributed by atoms with E-state index in [9.17, 15) is 63.2 Å². The highest BCUT2D eigenvalue weighted by Gasteiger charge is 2.46. The minimum atomic E-state index is -1.89. The Morgan fingerprint density at radius 3 is 2.07 bits per heavy atom. The number of unbranched alkanes of at least 4 members (excludes halogenated alkanes) is 1. The monoisotopic (exact) mass is 865 g/mol. The zero-order valence-corrected chi connectivity index (χ0v) is 33.4. The highest BCUT2D eigenvalue weighted by Crippen LogP contribution is 2.21. The van der Waals surface area contributed by atoms with E-state index in [4.69, 9.17) is 16.2 Å². The minimum absolute atomic E-state index is 0.0377. The van der Waals surface area contributed by atoms with Gasteiger partial charge in [0.05, 0.1) is 13.0 Å². The minimum Gasteiger partial charge on any atom is -0.481 e. The molecule has 2 fully saturated rings. The zero-order valence-electron chi connectivity index (χ0n) is 33.4. The number of aliphatic imine (C=N–C) groups is 1. The number of aliphatic carboxylic acids is 1. The number of halogens is 1. The Balaban J connectivity index is 1.82. The molecule has 0 bridgehead atoms. The first-order valence-electron chi connectivity index (χ1n) is 19.6. The molecule has 0 saturated carbocycles. The van der Waals surface area contributed by atoms with Gasteiger partial charge in [-0.2, -0.15) is 0 Å². The van der Waals surface area contributed by atoms with Gasteiger partial charge in [-0.05, 0) is 44.6 Å². The average molecular weight is 866 g/mol. The molecule has 2 saturated heterocycles. The van der Waals surface area contributed by atoms with Crippen molar-refractivity contribution in [2.75, 3.05) is 26.2 Å². The number of rotatable bonds is 17. The van der Waals surface area contributed by atoms with Gasteiger partial charge in [0.1, 0.15) is 48.6 Å². The molecule has 1 aromatic rings. The Kier molecular flexibility index (Phi) is 19.7. The fraction of sp³-hybridized carbons (Fsp3) is 0.595.